The number of anilines is 1. The lowest BCUT2D eigenvalue weighted by Crippen LogP contribution is -2.37. The van der Waals surface area contributed by atoms with Gasteiger partial charge in [-0.25, -0.2) is 9.55 Å². The van der Waals surface area contributed by atoms with Crippen molar-refractivity contribution in [3.63, 3.8) is 0 Å². The van der Waals surface area contributed by atoms with Crippen LogP contribution in [0, 0.1) is 0 Å². The van der Waals surface area contributed by atoms with Gasteiger partial charge in [0, 0.05) is 6.42 Å². The minimum absolute atomic E-state index is 0.0687. The first kappa shape index (κ1) is 26.8. The third-order valence-electron chi connectivity index (χ3n) is 5.40. The van der Waals surface area contributed by atoms with Gasteiger partial charge in [0.15, 0.2) is 11.2 Å². The molecular weight excluding hydrogens is 507 g/mol. The first-order chi connectivity index (χ1) is 17.5. The summed E-state index contributed by atoms with van der Waals surface area (Å²) in [5.74, 6) is -0.485. The number of carbonyl (C=O) groups excluding carboxylic acids is 1. The molecule has 1 aliphatic rings. The number of nitrogen functional groups attached to an aromatic ring is 1. The van der Waals surface area contributed by atoms with Gasteiger partial charge in [0.1, 0.15) is 24.1 Å². The maximum Gasteiger partial charge on any atom is 0.459 e. The van der Waals surface area contributed by atoms with Gasteiger partial charge in [0.05, 0.1) is 25.1 Å². The molecule has 37 heavy (non-hydrogen) atoms. The highest BCUT2D eigenvalue weighted by Crippen LogP contribution is 2.46. The topological polar surface area (TPSA) is 193 Å². The molecule has 4 rings (SSSR count). The van der Waals surface area contributed by atoms with Crippen LogP contribution in [-0.2, 0) is 23.4 Å². The molecule has 0 bridgehead atoms. The Kier molecular flexibility index (Phi) is 7.95. The third kappa shape index (κ3) is 6.35. The van der Waals surface area contributed by atoms with Crippen LogP contribution in [0.5, 0.6) is 5.75 Å². The lowest BCUT2D eigenvalue weighted by molar-refractivity contribution is -0.149. The van der Waals surface area contributed by atoms with Gasteiger partial charge in [-0.05, 0) is 32.9 Å². The first-order valence-corrected chi connectivity index (χ1v) is 13.1. The summed E-state index contributed by atoms with van der Waals surface area (Å²) in [6, 6.07) is 7.27. The summed E-state index contributed by atoms with van der Waals surface area (Å²) in [5.41, 5.74) is 5.41. The number of aliphatic hydroxyl groups is 1. The van der Waals surface area contributed by atoms with Crippen LogP contribution in [0.1, 0.15) is 33.4 Å². The number of benzene rings is 1. The predicted octanol–water partition coefficient (Wildman–Crippen LogP) is 1.48. The zero-order chi connectivity index (χ0) is 26.7. The third-order valence-corrected chi connectivity index (χ3v) is 7.04. The Morgan fingerprint density at radius 2 is 2.08 bits per heavy atom. The number of nitrogens with zero attached hydrogens (tertiary/aromatic N) is 3. The Morgan fingerprint density at radius 3 is 2.78 bits per heavy atom. The molecule has 0 amide bonds. The molecule has 1 saturated heterocycles. The van der Waals surface area contributed by atoms with E-state index in [0.717, 1.165) is 0 Å². The lowest BCUT2D eigenvalue weighted by atomic mass is 10.2. The molecule has 2 aromatic heterocycles. The van der Waals surface area contributed by atoms with E-state index >= 15 is 0 Å². The van der Waals surface area contributed by atoms with Crippen LogP contribution in [-0.4, -0.2) is 61.6 Å². The number of esters is 1. The van der Waals surface area contributed by atoms with Gasteiger partial charge in [-0.3, -0.25) is 23.7 Å². The summed E-state index contributed by atoms with van der Waals surface area (Å²) in [6.07, 6.45) is -1.58. The van der Waals surface area contributed by atoms with Gasteiger partial charge in [-0.15, -0.1) is 0 Å². The summed E-state index contributed by atoms with van der Waals surface area (Å²) in [5, 5.41) is 13.2. The standard InChI is InChI=1S/C22H29N6O8P/c1-12(2)34-21(31)13(3)27-37(32,36-14-7-5-4-6-8-14)33-10-16-15(29)9-17(35-16)28-11-24-18-19(28)25-22(23)26-20(18)30/h4-8,11-13,15-17,29H,9-10H2,1-3H3,(H,27,32)(H3,23,25,26,30)/t13-,15+,16?,17+,37?/m0/s1. The molecule has 2 unspecified atom stereocenters. The van der Waals surface area contributed by atoms with Crippen LogP contribution in [0.15, 0.2) is 41.5 Å². The molecule has 5 atom stereocenters. The van der Waals surface area contributed by atoms with Gasteiger partial charge >= 0.3 is 13.7 Å². The van der Waals surface area contributed by atoms with Crippen molar-refractivity contribution in [3.05, 3.63) is 47.0 Å². The first-order valence-electron chi connectivity index (χ1n) is 11.6. The largest absolute Gasteiger partial charge is 0.462 e. The molecule has 0 aliphatic carbocycles. The minimum atomic E-state index is -4.14. The van der Waals surface area contributed by atoms with Crippen molar-refractivity contribution >= 4 is 30.8 Å². The van der Waals surface area contributed by atoms with Crippen LogP contribution >= 0.6 is 7.75 Å². The molecule has 200 valence electrons. The second kappa shape index (κ2) is 11.0. The molecule has 0 spiro atoms. The highest BCUT2D eigenvalue weighted by atomic mass is 31.2. The number of carbonyl (C=O) groups is 1. The van der Waals surface area contributed by atoms with Gasteiger partial charge < -0.3 is 24.8 Å². The number of para-hydroxylation sites is 1. The Balaban J connectivity index is 1.48. The van der Waals surface area contributed by atoms with Gasteiger partial charge in [-0.2, -0.15) is 10.1 Å². The number of aromatic nitrogens is 4. The highest BCUT2D eigenvalue weighted by molar-refractivity contribution is 7.52. The van der Waals surface area contributed by atoms with Crippen LogP contribution in [0.25, 0.3) is 11.2 Å². The number of nitrogens with one attached hydrogen (secondary N) is 2. The van der Waals surface area contributed by atoms with E-state index in [1.165, 1.54) is 17.8 Å². The molecule has 1 aromatic carbocycles. The van der Waals surface area contributed by atoms with E-state index in [0.29, 0.717) is 0 Å². The minimum Gasteiger partial charge on any atom is -0.462 e. The summed E-state index contributed by atoms with van der Waals surface area (Å²) in [6.45, 7) is 4.51. The summed E-state index contributed by atoms with van der Waals surface area (Å²) in [7, 11) is -4.14. The molecule has 0 radical (unpaired) electrons. The number of fused-ring (bicyclic) bond motifs is 1. The Bertz CT molecular complexity index is 1350. The number of nitrogens with two attached hydrogens (primary N) is 1. The van der Waals surface area contributed by atoms with Crippen LogP contribution in [0.4, 0.5) is 5.95 Å². The second-order valence-electron chi connectivity index (χ2n) is 8.74. The molecule has 1 fully saturated rings. The van der Waals surface area contributed by atoms with Crippen LogP contribution < -0.4 is 20.9 Å². The normalized spacial score (nSPS) is 22.1. The monoisotopic (exact) mass is 536 g/mol. The summed E-state index contributed by atoms with van der Waals surface area (Å²) < 4.78 is 37.4. The van der Waals surface area contributed by atoms with Gasteiger partial charge in [-0.1, -0.05) is 18.2 Å². The Hall–Kier alpha value is -3.29. The molecule has 15 heteroatoms. The van der Waals surface area contributed by atoms with E-state index in [9.17, 15) is 19.3 Å². The van der Waals surface area contributed by atoms with E-state index in [1.54, 1.807) is 44.2 Å². The Morgan fingerprint density at radius 1 is 1.35 bits per heavy atom. The van der Waals surface area contributed by atoms with Crippen LogP contribution in [0.3, 0.4) is 0 Å². The lowest BCUT2D eigenvalue weighted by Gasteiger charge is -2.25. The number of imidazole rings is 1. The molecule has 3 heterocycles. The average Bonchev–Trinajstić information content (AvgIpc) is 3.41. The Labute approximate surface area is 211 Å². The van der Waals surface area contributed by atoms with E-state index in [2.05, 4.69) is 20.0 Å². The fraction of sp³-hybridized carbons (Fsp3) is 0.455. The van der Waals surface area contributed by atoms with Crippen molar-refractivity contribution in [1.29, 1.82) is 0 Å². The van der Waals surface area contributed by atoms with Gasteiger partial charge in [0.25, 0.3) is 5.56 Å². The molecule has 14 nitrogen and oxygen atoms in total. The number of rotatable bonds is 10. The summed E-state index contributed by atoms with van der Waals surface area (Å²) in [4.78, 5) is 34.9. The fourth-order valence-corrected chi connectivity index (χ4v) is 5.20. The number of aliphatic hydroxyl groups excluding tert-OH is 1. The second-order valence-corrected chi connectivity index (χ2v) is 10.4. The van der Waals surface area contributed by atoms with Crippen molar-refractivity contribution in [1.82, 2.24) is 24.6 Å². The molecule has 0 saturated carbocycles. The number of ether oxygens (including phenoxy) is 2. The maximum atomic E-state index is 13.6. The number of hydrogen-bond donors (Lipinski definition) is 4. The van der Waals surface area contributed by atoms with Crippen molar-refractivity contribution in [2.24, 2.45) is 0 Å². The summed E-state index contributed by atoms with van der Waals surface area (Å²) >= 11 is 0. The van der Waals surface area contributed by atoms with Crippen molar-refractivity contribution in [2.45, 2.75) is 57.8 Å². The number of hydrogen-bond acceptors (Lipinski definition) is 11. The van der Waals surface area contributed by atoms with E-state index in [1.807, 2.05) is 0 Å². The van der Waals surface area contributed by atoms with Crippen molar-refractivity contribution < 1.29 is 33.0 Å². The zero-order valence-corrected chi connectivity index (χ0v) is 21.3. The highest BCUT2D eigenvalue weighted by Gasteiger charge is 2.40. The van der Waals surface area contributed by atoms with E-state index in [4.69, 9.17) is 24.3 Å². The number of aromatic amines is 1. The number of H-pyrrole nitrogens is 1. The van der Waals surface area contributed by atoms with Crippen molar-refractivity contribution in [3.8, 4) is 5.75 Å². The van der Waals surface area contributed by atoms with E-state index in [-0.39, 0.29) is 42.0 Å². The molecular formula is C22H29N6O8P. The quantitative estimate of drug-likeness (QED) is 0.216. The average molecular weight is 536 g/mol. The fourth-order valence-electron chi connectivity index (χ4n) is 3.70. The van der Waals surface area contributed by atoms with Crippen LogP contribution in [0.2, 0.25) is 0 Å². The molecule has 3 aromatic rings. The smallest absolute Gasteiger partial charge is 0.459 e. The molecule has 5 N–H and O–H groups in total. The predicted molar refractivity (Wildman–Crippen MR) is 132 cm³/mol. The van der Waals surface area contributed by atoms with Gasteiger partial charge in [0.2, 0.25) is 5.95 Å². The SMILES string of the molecule is CC(C)OC(=O)[C@H](C)NP(=O)(OCC1O[C@@H](n2cnc3c(=O)[nH]c(N)nc32)C[C@H]1O)Oc1ccccc1. The van der Waals surface area contributed by atoms with Crippen molar-refractivity contribution in [2.75, 3.05) is 12.3 Å². The van der Waals surface area contributed by atoms with E-state index < -0.39 is 43.8 Å². The maximum absolute atomic E-state index is 13.6. The molecule has 1 aliphatic heterocycles. The zero-order valence-electron chi connectivity index (χ0n) is 20.4.